The molecule has 2 rings (SSSR count). The molecule has 1 aromatic heterocycles. The fourth-order valence-electron chi connectivity index (χ4n) is 1.70. The molecule has 66 valence electrons. The Morgan fingerprint density at radius 3 is 2.75 bits per heavy atom. The van der Waals surface area contributed by atoms with Crippen LogP contribution in [0.15, 0.2) is 10.8 Å². The highest BCUT2D eigenvalue weighted by atomic mass is 79.9. The van der Waals surface area contributed by atoms with Gasteiger partial charge < -0.3 is 5.32 Å². The van der Waals surface area contributed by atoms with Gasteiger partial charge in [-0.1, -0.05) is 0 Å². The summed E-state index contributed by atoms with van der Waals surface area (Å²) < 4.78 is 1.05. The van der Waals surface area contributed by atoms with Crippen LogP contribution in [-0.2, 0) is 0 Å². The number of rotatable bonds is 1. The number of nitrogens with zero attached hydrogens (tertiary/aromatic N) is 1. The van der Waals surface area contributed by atoms with Gasteiger partial charge in [-0.15, -0.1) is 0 Å². The Hall–Kier alpha value is -0.350. The Morgan fingerprint density at radius 1 is 1.42 bits per heavy atom. The summed E-state index contributed by atoms with van der Waals surface area (Å²) in [6, 6.07) is 0. The van der Waals surface area contributed by atoms with E-state index in [1.807, 2.05) is 6.20 Å². The van der Waals surface area contributed by atoms with E-state index in [1.54, 1.807) is 0 Å². The van der Waals surface area contributed by atoms with Crippen molar-refractivity contribution in [2.24, 2.45) is 0 Å². The van der Waals surface area contributed by atoms with Crippen LogP contribution in [0.2, 0.25) is 0 Å². The van der Waals surface area contributed by atoms with Crippen LogP contribution in [0.25, 0.3) is 0 Å². The van der Waals surface area contributed by atoms with Crippen molar-refractivity contribution in [3.8, 4) is 0 Å². The Morgan fingerprint density at radius 2 is 2.17 bits per heavy atom. The van der Waals surface area contributed by atoms with Gasteiger partial charge in [0.2, 0.25) is 0 Å². The molecule has 1 aromatic rings. The Balaban J connectivity index is 2.13. The summed E-state index contributed by atoms with van der Waals surface area (Å²) >= 11 is 3.46. The monoisotopic (exact) mass is 229 g/mol. The van der Waals surface area contributed by atoms with Gasteiger partial charge in [0, 0.05) is 5.56 Å². The lowest BCUT2D eigenvalue weighted by atomic mass is 9.93. The van der Waals surface area contributed by atoms with E-state index in [1.165, 1.54) is 18.4 Å². The molecule has 0 aromatic carbocycles. The number of halogens is 1. The van der Waals surface area contributed by atoms with Crippen LogP contribution in [0.3, 0.4) is 0 Å². The predicted octanol–water partition coefficient (Wildman–Crippen LogP) is 1.64. The second kappa shape index (κ2) is 3.58. The maximum absolute atomic E-state index is 4.00. The average Bonchev–Trinajstić information content (AvgIpc) is 2.53. The highest BCUT2D eigenvalue weighted by Gasteiger charge is 2.18. The van der Waals surface area contributed by atoms with E-state index in [-0.39, 0.29) is 0 Å². The SMILES string of the molecule is Brc1[nH]ncc1C1CCNCC1. The van der Waals surface area contributed by atoms with Crippen molar-refractivity contribution in [3.05, 3.63) is 16.4 Å². The second-order valence-electron chi connectivity index (χ2n) is 3.16. The number of piperidine rings is 1. The molecule has 0 saturated carbocycles. The van der Waals surface area contributed by atoms with Crippen LogP contribution in [0.5, 0.6) is 0 Å². The standard InChI is InChI=1S/C8H12BrN3/c9-8-7(5-11-12-8)6-1-3-10-4-2-6/h5-6,10H,1-4H2,(H,11,12). The maximum atomic E-state index is 4.00. The van der Waals surface area contributed by atoms with Gasteiger partial charge in [0.15, 0.2) is 0 Å². The molecule has 0 unspecified atom stereocenters. The van der Waals surface area contributed by atoms with Gasteiger partial charge in [-0.25, -0.2) is 0 Å². The first-order valence-corrected chi connectivity index (χ1v) is 5.06. The van der Waals surface area contributed by atoms with Gasteiger partial charge in [-0.05, 0) is 47.8 Å². The average molecular weight is 230 g/mol. The van der Waals surface area contributed by atoms with E-state index in [0.717, 1.165) is 17.7 Å². The second-order valence-corrected chi connectivity index (χ2v) is 3.96. The first-order valence-electron chi connectivity index (χ1n) is 4.27. The largest absolute Gasteiger partial charge is 0.317 e. The summed E-state index contributed by atoms with van der Waals surface area (Å²) in [6.45, 7) is 2.25. The molecule has 0 bridgehead atoms. The zero-order chi connectivity index (χ0) is 8.39. The molecular formula is C8H12BrN3. The lowest BCUT2D eigenvalue weighted by Gasteiger charge is -2.21. The third-order valence-corrected chi connectivity index (χ3v) is 3.03. The quantitative estimate of drug-likeness (QED) is 0.769. The van der Waals surface area contributed by atoms with Crippen molar-refractivity contribution in [1.29, 1.82) is 0 Å². The van der Waals surface area contributed by atoms with Crippen LogP contribution in [0, 0.1) is 0 Å². The Bertz CT molecular complexity index is 253. The van der Waals surface area contributed by atoms with Crippen molar-refractivity contribution < 1.29 is 0 Å². The molecule has 0 aliphatic carbocycles. The minimum absolute atomic E-state index is 0.680. The number of H-pyrrole nitrogens is 1. The van der Waals surface area contributed by atoms with Crippen LogP contribution in [-0.4, -0.2) is 23.3 Å². The molecule has 1 aliphatic rings. The van der Waals surface area contributed by atoms with Crippen molar-refractivity contribution in [2.75, 3.05) is 13.1 Å². The molecule has 2 N–H and O–H groups in total. The summed E-state index contributed by atoms with van der Waals surface area (Å²) in [6.07, 6.45) is 4.37. The third-order valence-electron chi connectivity index (χ3n) is 2.40. The molecule has 0 atom stereocenters. The van der Waals surface area contributed by atoms with Crippen LogP contribution >= 0.6 is 15.9 Å². The number of nitrogens with one attached hydrogen (secondary N) is 2. The molecule has 1 aliphatic heterocycles. The van der Waals surface area contributed by atoms with Gasteiger partial charge in [0.1, 0.15) is 4.60 Å². The molecule has 0 spiro atoms. The van der Waals surface area contributed by atoms with Crippen molar-refractivity contribution in [1.82, 2.24) is 15.5 Å². The molecule has 4 heteroatoms. The van der Waals surface area contributed by atoms with E-state index in [2.05, 4.69) is 31.4 Å². The molecule has 0 radical (unpaired) electrons. The van der Waals surface area contributed by atoms with Crippen LogP contribution < -0.4 is 5.32 Å². The van der Waals surface area contributed by atoms with Crippen molar-refractivity contribution in [2.45, 2.75) is 18.8 Å². The summed E-state index contributed by atoms with van der Waals surface area (Å²) in [5.41, 5.74) is 1.33. The van der Waals surface area contributed by atoms with Crippen molar-refractivity contribution >= 4 is 15.9 Å². The van der Waals surface area contributed by atoms with E-state index in [4.69, 9.17) is 0 Å². The van der Waals surface area contributed by atoms with Crippen LogP contribution in [0.1, 0.15) is 24.3 Å². The molecule has 0 amide bonds. The highest BCUT2D eigenvalue weighted by Crippen LogP contribution is 2.29. The van der Waals surface area contributed by atoms with Gasteiger partial charge in [-0.3, -0.25) is 5.10 Å². The zero-order valence-electron chi connectivity index (χ0n) is 6.81. The van der Waals surface area contributed by atoms with E-state index in [0.29, 0.717) is 5.92 Å². The molecule has 3 nitrogen and oxygen atoms in total. The van der Waals surface area contributed by atoms with E-state index < -0.39 is 0 Å². The van der Waals surface area contributed by atoms with Crippen LogP contribution in [0.4, 0.5) is 0 Å². The van der Waals surface area contributed by atoms with E-state index >= 15 is 0 Å². The van der Waals surface area contributed by atoms with Gasteiger partial charge in [-0.2, -0.15) is 5.10 Å². The lowest BCUT2D eigenvalue weighted by molar-refractivity contribution is 0.459. The minimum Gasteiger partial charge on any atom is -0.317 e. The van der Waals surface area contributed by atoms with Gasteiger partial charge in [0.25, 0.3) is 0 Å². The highest BCUT2D eigenvalue weighted by molar-refractivity contribution is 9.10. The summed E-state index contributed by atoms with van der Waals surface area (Å²) in [5.74, 6) is 0.680. The van der Waals surface area contributed by atoms with E-state index in [9.17, 15) is 0 Å². The third kappa shape index (κ3) is 1.54. The molecule has 1 fully saturated rings. The van der Waals surface area contributed by atoms with Gasteiger partial charge in [0.05, 0.1) is 6.20 Å². The summed E-state index contributed by atoms with van der Waals surface area (Å²) in [5, 5.41) is 10.3. The number of hydrogen-bond acceptors (Lipinski definition) is 2. The number of aromatic nitrogens is 2. The molecule has 12 heavy (non-hydrogen) atoms. The number of hydrogen-bond donors (Lipinski definition) is 2. The minimum atomic E-state index is 0.680. The fourth-order valence-corrected chi connectivity index (χ4v) is 2.23. The molecular weight excluding hydrogens is 218 g/mol. The fraction of sp³-hybridized carbons (Fsp3) is 0.625. The van der Waals surface area contributed by atoms with Crippen molar-refractivity contribution in [3.63, 3.8) is 0 Å². The predicted molar refractivity (Wildman–Crippen MR) is 51.1 cm³/mol. The Kier molecular flexibility index (Phi) is 2.46. The smallest absolute Gasteiger partial charge is 0.104 e. The topological polar surface area (TPSA) is 40.7 Å². The normalized spacial score (nSPS) is 19.8. The maximum Gasteiger partial charge on any atom is 0.104 e. The number of aromatic amines is 1. The molecule has 1 saturated heterocycles. The summed E-state index contributed by atoms with van der Waals surface area (Å²) in [4.78, 5) is 0. The first-order chi connectivity index (χ1) is 5.88. The lowest BCUT2D eigenvalue weighted by Crippen LogP contribution is -2.26. The van der Waals surface area contributed by atoms with Gasteiger partial charge >= 0.3 is 0 Å². The first kappa shape index (κ1) is 8.26. The zero-order valence-corrected chi connectivity index (χ0v) is 8.39. The summed E-state index contributed by atoms with van der Waals surface area (Å²) in [7, 11) is 0. The Labute approximate surface area is 80.1 Å². The molecule has 2 heterocycles.